The topological polar surface area (TPSA) is 111 Å². The molecule has 2 rings (SSSR count). The van der Waals surface area contributed by atoms with Crippen molar-refractivity contribution in [2.24, 2.45) is 0 Å². The fourth-order valence-electron chi connectivity index (χ4n) is 1.98. The van der Waals surface area contributed by atoms with Crippen LogP contribution in [-0.2, 0) is 22.3 Å². The lowest BCUT2D eigenvalue weighted by Gasteiger charge is -2.11. The molecule has 13 heteroatoms. The van der Waals surface area contributed by atoms with Crippen LogP contribution >= 0.6 is 34.4 Å². The third-order valence-electron chi connectivity index (χ3n) is 3.49. The number of carbonyl (C=O) groups is 2. The predicted molar refractivity (Wildman–Crippen MR) is 115 cm³/mol. The van der Waals surface area contributed by atoms with Crippen molar-refractivity contribution in [2.45, 2.75) is 26.7 Å². The molecule has 0 aliphatic rings. The van der Waals surface area contributed by atoms with E-state index in [1.54, 1.807) is 39.7 Å². The van der Waals surface area contributed by atoms with Crippen molar-refractivity contribution in [2.75, 3.05) is 48.6 Å². The maximum absolute atomic E-state index is 11.7. The number of thioether (sulfide) groups is 1. The molecule has 0 spiro atoms. The summed E-state index contributed by atoms with van der Waals surface area (Å²) in [7, 11) is 3.24. The Kier molecular flexibility index (Phi) is 9.54. The number of carbonyl (C=O) groups excluding carboxylic acids is 2. The smallest absolute Gasteiger partial charge is 0.415 e. The molecule has 0 aromatic carbocycles. The summed E-state index contributed by atoms with van der Waals surface area (Å²) in [5, 5.41) is 19.1. The van der Waals surface area contributed by atoms with Crippen LogP contribution in [0.15, 0.2) is 0 Å². The second kappa shape index (κ2) is 11.9. The van der Waals surface area contributed by atoms with E-state index in [1.165, 1.54) is 32.5 Å². The summed E-state index contributed by atoms with van der Waals surface area (Å²) < 4.78 is 9.89. The van der Waals surface area contributed by atoms with E-state index in [-0.39, 0.29) is 0 Å². The number of aromatic nitrogens is 4. The van der Waals surface area contributed by atoms with Gasteiger partial charge in [-0.1, -0.05) is 22.7 Å². The van der Waals surface area contributed by atoms with Gasteiger partial charge in [-0.15, -0.1) is 20.4 Å². The highest BCUT2D eigenvalue weighted by molar-refractivity contribution is 7.99. The molecule has 0 bridgehead atoms. The van der Waals surface area contributed by atoms with Crippen LogP contribution in [-0.4, -0.2) is 71.4 Å². The van der Waals surface area contributed by atoms with Crippen LogP contribution in [0.1, 0.15) is 23.9 Å². The Balaban J connectivity index is 1.70. The fourth-order valence-corrected chi connectivity index (χ4v) is 4.70. The zero-order chi connectivity index (χ0) is 21.2. The number of amides is 2. The molecule has 2 aromatic rings. The fraction of sp³-hybridized carbons (Fsp3) is 0.625. The lowest BCUT2D eigenvalue weighted by molar-refractivity contribution is 0.160. The largest absolute Gasteiger partial charge is 0.449 e. The van der Waals surface area contributed by atoms with Gasteiger partial charge in [-0.2, -0.15) is 11.8 Å². The van der Waals surface area contributed by atoms with Crippen molar-refractivity contribution >= 4 is 56.9 Å². The Morgan fingerprint density at radius 2 is 1.24 bits per heavy atom. The highest BCUT2D eigenvalue weighted by Crippen LogP contribution is 2.23. The van der Waals surface area contributed by atoms with E-state index in [9.17, 15) is 9.59 Å². The van der Waals surface area contributed by atoms with Gasteiger partial charge >= 0.3 is 12.2 Å². The summed E-state index contributed by atoms with van der Waals surface area (Å²) in [5.41, 5.74) is 0. The molecule has 0 atom stereocenters. The van der Waals surface area contributed by atoms with E-state index >= 15 is 0 Å². The second-order valence-electron chi connectivity index (χ2n) is 5.58. The number of hydrogen-bond donors (Lipinski definition) is 0. The molecule has 0 N–H and O–H groups in total. The number of rotatable bonds is 10. The molecule has 0 radical (unpaired) electrons. The minimum absolute atomic E-state index is 0.320. The molecule has 2 heterocycles. The monoisotopic (exact) mass is 460 g/mol. The summed E-state index contributed by atoms with van der Waals surface area (Å²) in [4.78, 5) is 26.1. The van der Waals surface area contributed by atoms with Gasteiger partial charge in [0.05, 0.1) is 13.2 Å². The van der Waals surface area contributed by atoms with Crippen molar-refractivity contribution in [3.05, 3.63) is 10.0 Å². The van der Waals surface area contributed by atoms with E-state index in [4.69, 9.17) is 9.47 Å². The Morgan fingerprint density at radius 3 is 1.62 bits per heavy atom. The van der Waals surface area contributed by atoms with Crippen molar-refractivity contribution in [3.63, 3.8) is 0 Å². The summed E-state index contributed by atoms with van der Waals surface area (Å²) in [5.74, 6) is 1.76. The predicted octanol–water partition coefficient (Wildman–Crippen LogP) is 3.09. The van der Waals surface area contributed by atoms with Gasteiger partial charge in [0.25, 0.3) is 0 Å². The molecule has 0 aliphatic heterocycles. The minimum atomic E-state index is -0.436. The molecule has 0 fully saturated rings. The lowest BCUT2D eigenvalue weighted by atomic mass is 10.5. The van der Waals surface area contributed by atoms with Crippen LogP contribution in [0, 0.1) is 0 Å². The first-order valence-corrected chi connectivity index (χ1v) is 11.8. The van der Waals surface area contributed by atoms with Gasteiger partial charge in [0.15, 0.2) is 0 Å². The molecular weight excluding hydrogens is 436 g/mol. The Bertz CT molecular complexity index is 735. The average Bonchev–Trinajstić information content (AvgIpc) is 3.36. The SMILES string of the molecule is CCOC(=O)N(C)c1nnc(CCSCCc2nnc(N(C)C(=O)OCC)s2)s1. The van der Waals surface area contributed by atoms with Gasteiger partial charge in [-0.05, 0) is 25.4 Å². The van der Waals surface area contributed by atoms with Crippen molar-refractivity contribution in [3.8, 4) is 0 Å². The third-order valence-corrected chi connectivity index (χ3v) is 6.59. The Hall–Kier alpha value is -1.99. The normalized spacial score (nSPS) is 10.6. The van der Waals surface area contributed by atoms with Gasteiger partial charge in [-0.25, -0.2) is 9.59 Å². The van der Waals surface area contributed by atoms with Crippen LogP contribution in [0.4, 0.5) is 19.9 Å². The lowest BCUT2D eigenvalue weighted by Crippen LogP contribution is -2.26. The average molecular weight is 461 g/mol. The summed E-state index contributed by atoms with van der Waals surface area (Å²) in [6.07, 6.45) is 0.669. The summed E-state index contributed by atoms with van der Waals surface area (Å²) in [6, 6.07) is 0. The number of aryl methyl sites for hydroxylation is 2. The number of ether oxygens (including phenoxy) is 2. The first-order valence-electron chi connectivity index (χ1n) is 8.99. The molecular formula is C16H24N6O4S3. The van der Waals surface area contributed by atoms with Gasteiger partial charge in [0, 0.05) is 26.9 Å². The zero-order valence-electron chi connectivity index (χ0n) is 16.8. The number of anilines is 2. The second-order valence-corrected chi connectivity index (χ2v) is 8.89. The van der Waals surface area contributed by atoms with Crippen LogP contribution in [0.25, 0.3) is 0 Å². The Labute approximate surface area is 181 Å². The number of hydrogen-bond acceptors (Lipinski definition) is 11. The summed E-state index contributed by atoms with van der Waals surface area (Å²) in [6.45, 7) is 4.16. The molecule has 0 saturated carbocycles. The molecule has 160 valence electrons. The van der Waals surface area contributed by atoms with Crippen molar-refractivity contribution < 1.29 is 19.1 Å². The summed E-state index contributed by atoms with van der Waals surface area (Å²) >= 11 is 4.54. The maximum Gasteiger partial charge on any atom is 0.415 e. The van der Waals surface area contributed by atoms with E-state index in [0.29, 0.717) is 23.5 Å². The molecule has 0 unspecified atom stereocenters. The van der Waals surface area contributed by atoms with E-state index in [1.807, 2.05) is 0 Å². The third kappa shape index (κ3) is 7.08. The van der Waals surface area contributed by atoms with Crippen LogP contribution in [0.3, 0.4) is 0 Å². The highest BCUT2D eigenvalue weighted by atomic mass is 32.2. The molecule has 2 aromatic heterocycles. The maximum atomic E-state index is 11.7. The van der Waals surface area contributed by atoms with Crippen LogP contribution < -0.4 is 9.80 Å². The molecule has 0 saturated heterocycles. The van der Waals surface area contributed by atoms with E-state index < -0.39 is 12.2 Å². The number of nitrogens with zero attached hydrogens (tertiary/aromatic N) is 6. The minimum Gasteiger partial charge on any atom is -0.449 e. The molecule has 10 nitrogen and oxygen atoms in total. The standard InChI is InChI=1S/C16H24N6O4S3/c1-5-25-15(23)21(3)13-19-17-11(28-13)7-9-27-10-8-12-18-20-14(29-12)22(4)16(24)26-6-2/h5-10H2,1-4H3. The highest BCUT2D eigenvalue weighted by Gasteiger charge is 2.17. The van der Waals surface area contributed by atoms with Crippen LogP contribution in [0.2, 0.25) is 0 Å². The van der Waals surface area contributed by atoms with E-state index in [0.717, 1.165) is 34.4 Å². The van der Waals surface area contributed by atoms with Crippen LogP contribution in [0.5, 0.6) is 0 Å². The van der Waals surface area contributed by atoms with E-state index in [2.05, 4.69) is 20.4 Å². The molecule has 29 heavy (non-hydrogen) atoms. The zero-order valence-corrected chi connectivity index (χ0v) is 19.2. The Morgan fingerprint density at radius 1 is 0.828 bits per heavy atom. The van der Waals surface area contributed by atoms with Crippen molar-refractivity contribution in [1.82, 2.24) is 20.4 Å². The van der Waals surface area contributed by atoms with Gasteiger partial charge < -0.3 is 9.47 Å². The molecule has 0 aliphatic carbocycles. The quantitative estimate of drug-likeness (QED) is 0.494. The first kappa shape index (κ1) is 23.3. The van der Waals surface area contributed by atoms with Gasteiger partial charge in [0.2, 0.25) is 10.3 Å². The first-order chi connectivity index (χ1) is 14.0. The van der Waals surface area contributed by atoms with Crippen molar-refractivity contribution in [1.29, 1.82) is 0 Å². The van der Waals surface area contributed by atoms with Gasteiger partial charge in [0.1, 0.15) is 10.0 Å². The van der Waals surface area contributed by atoms with Gasteiger partial charge in [-0.3, -0.25) is 9.80 Å². The molecule has 2 amide bonds.